The molecule has 82 valence electrons. The average molecular weight is 258 g/mol. The Bertz CT molecular complexity index is 280. The second kappa shape index (κ2) is 7.99. The van der Waals surface area contributed by atoms with Crippen LogP contribution in [0.5, 0.6) is 0 Å². The molecule has 3 N–H and O–H groups in total. The van der Waals surface area contributed by atoms with Crippen molar-refractivity contribution in [1.29, 1.82) is 0 Å². The molecule has 4 nitrogen and oxygen atoms in total. The van der Waals surface area contributed by atoms with Gasteiger partial charge in [-0.2, -0.15) is 0 Å². The lowest BCUT2D eigenvalue weighted by Crippen LogP contribution is -2.15. The molecule has 0 aliphatic rings. The Kier molecular flexibility index (Phi) is 9.18. The van der Waals surface area contributed by atoms with Crippen molar-refractivity contribution >= 4 is 47.2 Å². The van der Waals surface area contributed by atoms with E-state index in [0.29, 0.717) is 18.1 Å². The molecular formula is C7H13Cl2N3OS. The first-order chi connectivity index (χ1) is 5.72. The quantitative estimate of drug-likeness (QED) is 0.864. The summed E-state index contributed by atoms with van der Waals surface area (Å²) in [5.74, 6) is -0.0770. The minimum atomic E-state index is -0.0770. The molecule has 1 aromatic heterocycles. The summed E-state index contributed by atoms with van der Waals surface area (Å²) in [6.07, 6.45) is 0.346. The van der Waals surface area contributed by atoms with Gasteiger partial charge in [0.2, 0.25) is 5.91 Å². The topological polar surface area (TPSA) is 68.0 Å². The summed E-state index contributed by atoms with van der Waals surface area (Å²) in [6.45, 7) is 2.26. The zero-order chi connectivity index (χ0) is 8.97. The molecule has 0 aromatic carbocycles. The molecule has 0 saturated carbocycles. The van der Waals surface area contributed by atoms with E-state index in [1.165, 1.54) is 11.3 Å². The molecule has 0 unspecified atom stereocenters. The van der Waals surface area contributed by atoms with Crippen molar-refractivity contribution in [2.45, 2.75) is 13.3 Å². The number of hydrogen-bond donors (Lipinski definition) is 2. The number of rotatable bonds is 3. The first kappa shape index (κ1) is 16.1. The number of aromatic nitrogens is 1. The highest BCUT2D eigenvalue weighted by Gasteiger charge is 2.02. The molecular weight excluding hydrogens is 245 g/mol. The predicted molar refractivity (Wildman–Crippen MR) is 63.6 cm³/mol. The van der Waals surface area contributed by atoms with Gasteiger partial charge >= 0.3 is 0 Å². The maximum Gasteiger partial charge on any atom is 0.227 e. The number of carbonyl (C=O) groups is 1. The summed E-state index contributed by atoms with van der Waals surface area (Å²) in [5.41, 5.74) is 6.13. The van der Waals surface area contributed by atoms with Gasteiger partial charge in [0.1, 0.15) is 0 Å². The van der Waals surface area contributed by atoms with E-state index in [9.17, 15) is 4.79 Å². The van der Waals surface area contributed by atoms with E-state index >= 15 is 0 Å². The van der Waals surface area contributed by atoms with Gasteiger partial charge in [-0.3, -0.25) is 4.79 Å². The van der Waals surface area contributed by atoms with Crippen molar-refractivity contribution in [3.63, 3.8) is 0 Å². The Labute approximate surface area is 99.1 Å². The monoisotopic (exact) mass is 257 g/mol. The van der Waals surface area contributed by atoms with Crippen LogP contribution >= 0.6 is 36.2 Å². The summed E-state index contributed by atoms with van der Waals surface area (Å²) in [7, 11) is 0. The van der Waals surface area contributed by atoms with Gasteiger partial charge in [0.15, 0.2) is 5.13 Å². The molecule has 1 amide bonds. The number of aryl methyl sites for hydroxylation is 1. The third-order valence-electron chi connectivity index (χ3n) is 1.24. The predicted octanol–water partition coefficient (Wildman–Crippen LogP) is 1.58. The summed E-state index contributed by atoms with van der Waals surface area (Å²) >= 11 is 1.42. The lowest BCUT2D eigenvalue weighted by atomic mass is 10.4. The number of halogens is 2. The second-order valence-corrected chi connectivity index (χ2v) is 3.24. The lowest BCUT2D eigenvalue weighted by molar-refractivity contribution is -0.116. The minimum Gasteiger partial charge on any atom is -0.330 e. The van der Waals surface area contributed by atoms with Crippen LogP contribution in [0.3, 0.4) is 0 Å². The molecule has 0 radical (unpaired) electrons. The van der Waals surface area contributed by atoms with E-state index in [2.05, 4.69) is 10.3 Å². The first-order valence-corrected chi connectivity index (χ1v) is 4.52. The van der Waals surface area contributed by atoms with Crippen LogP contribution in [-0.4, -0.2) is 17.4 Å². The van der Waals surface area contributed by atoms with E-state index in [1.54, 1.807) is 0 Å². The molecule has 1 rings (SSSR count). The van der Waals surface area contributed by atoms with Gasteiger partial charge in [-0.25, -0.2) is 4.98 Å². The molecule has 0 spiro atoms. The van der Waals surface area contributed by atoms with Gasteiger partial charge in [-0.15, -0.1) is 36.2 Å². The van der Waals surface area contributed by atoms with Crippen LogP contribution in [0.1, 0.15) is 12.1 Å². The van der Waals surface area contributed by atoms with Crippen molar-refractivity contribution in [3.05, 3.63) is 11.1 Å². The van der Waals surface area contributed by atoms with Gasteiger partial charge in [0.25, 0.3) is 0 Å². The zero-order valence-electron chi connectivity index (χ0n) is 7.65. The number of carbonyl (C=O) groups excluding carboxylic acids is 1. The molecule has 1 heterocycles. The molecule has 0 aliphatic heterocycles. The standard InChI is InChI=1S/C7H11N3OS.2ClH/c1-5-4-12-7(9-5)10-6(11)2-3-8;;/h4H,2-3,8H2,1H3,(H,9,10,11);2*1H. The van der Waals surface area contributed by atoms with Crippen LogP contribution in [0.15, 0.2) is 5.38 Å². The maximum absolute atomic E-state index is 11.0. The summed E-state index contributed by atoms with van der Waals surface area (Å²) in [5, 5.41) is 5.18. The van der Waals surface area contributed by atoms with Crippen molar-refractivity contribution in [2.24, 2.45) is 5.73 Å². The number of amides is 1. The highest BCUT2D eigenvalue weighted by molar-refractivity contribution is 7.13. The van der Waals surface area contributed by atoms with E-state index in [-0.39, 0.29) is 30.7 Å². The Morgan fingerprint density at radius 3 is 2.71 bits per heavy atom. The Morgan fingerprint density at radius 2 is 2.29 bits per heavy atom. The Morgan fingerprint density at radius 1 is 1.64 bits per heavy atom. The Balaban J connectivity index is 0. The molecule has 0 atom stereocenters. The number of nitrogens with zero attached hydrogens (tertiary/aromatic N) is 1. The number of hydrogen-bond acceptors (Lipinski definition) is 4. The molecule has 0 aliphatic carbocycles. The third kappa shape index (κ3) is 5.39. The van der Waals surface area contributed by atoms with E-state index in [0.717, 1.165) is 5.69 Å². The van der Waals surface area contributed by atoms with E-state index < -0.39 is 0 Å². The van der Waals surface area contributed by atoms with Crippen molar-refractivity contribution in [2.75, 3.05) is 11.9 Å². The first-order valence-electron chi connectivity index (χ1n) is 3.64. The smallest absolute Gasteiger partial charge is 0.227 e. The van der Waals surface area contributed by atoms with Crippen molar-refractivity contribution in [1.82, 2.24) is 4.98 Å². The fourth-order valence-electron chi connectivity index (χ4n) is 0.724. The number of nitrogens with one attached hydrogen (secondary N) is 1. The van der Waals surface area contributed by atoms with E-state index in [4.69, 9.17) is 5.73 Å². The van der Waals surface area contributed by atoms with Crippen LogP contribution in [-0.2, 0) is 4.79 Å². The van der Waals surface area contributed by atoms with Gasteiger partial charge in [0.05, 0.1) is 5.69 Å². The van der Waals surface area contributed by atoms with Crippen molar-refractivity contribution < 1.29 is 4.79 Å². The SMILES string of the molecule is Cc1csc(NC(=O)CCN)n1.Cl.Cl. The zero-order valence-corrected chi connectivity index (χ0v) is 10.1. The lowest BCUT2D eigenvalue weighted by Gasteiger charge is -1.97. The van der Waals surface area contributed by atoms with Crippen LogP contribution in [0.4, 0.5) is 5.13 Å². The molecule has 0 bridgehead atoms. The van der Waals surface area contributed by atoms with Crippen molar-refractivity contribution in [3.8, 4) is 0 Å². The molecule has 1 aromatic rings. The highest BCUT2D eigenvalue weighted by Crippen LogP contribution is 2.14. The molecule has 7 heteroatoms. The summed E-state index contributed by atoms with van der Waals surface area (Å²) < 4.78 is 0. The fourth-order valence-corrected chi connectivity index (χ4v) is 1.43. The van der Waals surface area contributed by atoms with Gasteiger partial charge < -0.3 is 11.1 Å². The maximum atomic E-state index is 11.0. The number of thiazole rings is 1. The highest BCUT2D eigenvalue weighted by atomic mass is 35.5. The fraction of sp³-hybridized carbons (Fsp3) is 0.429. The number of anilines is 1. The molecule has 0 saturated heterocycles. The van der Waals surface area contributed by atoms with Gasteiger partial charge in [0, 0.05) is 18.3 Å². The summed E-state index contributed by atoms with van der Waals surface area (Å²) in [4.78, 5) is 15.1. The van der Waals surface area contributed by atoms with Gasteiger partial charge in [-0.1, -0.05) is 0 Å². The third-order valence-corrected chi connectivity index (χ3v) is 2.11. The normalized spacial score (nSPS) is 8.43. The van der Waals surface area contributed by atoms with Gasteiger partial charge in [-0.05, 0) is 6.92 Å². The number of nitrogens with two attached hydrogens (primary N) is 1. The largest absolute Gasteiger partial charge is 0.330 e. The molecule has 14 heavy (non-hydrogen) atoms. The van der Waals surface area contributed by atoms with Crippen LogP contribution < -0.4 is 11.1 Å². The Hall–Kier alpha value is -0.360. The summed E-state index contributed by atoms with van der Waals surface area (Å²) in [6, 6.07) is 0. The minimum absolute atomic E-state index is 0. The van der Waals surface area contributed by atoms with Crippen LogP contribution in [0.2, 0.25) is 0 Å². The van der Waals surface area contributed by atoms with Crippen LogP contribution in [0.25, 0.3) is 0 Å². The average Bonchev–Trinajstić information content (AvgIpc) is 2.36. The van der Waals surface area contributed by atoms with Crippen LogP contribution in [0, 0.1) is 6.92 Å². The molecule has 0 fully saturated rings. The van der Waals surface area contributed by atoms with E-state index in [1.807, 2.05) is 12.3 Å². The second-order valence-electron chi connectivity index (χ2n) is 2.38.